The Kier molecular flexibility index (Phi) is 3.59. The average molecular weight is 145 g/mol. The zero-order valence-electron chi connectivity index (χ0n) is 5.97. The van der Waals surface area contributed by atoms with Crippen molar-refractivity contribution < 1.29 is 4.79 Å². The van der Waals surface area contributed by atoms with E-state index in [9.17, 15) is 4.79 Å². The Morgan fingerprint density at radius 1 is 1.67 bits per heavy atom. The normalized spacial score (nSPS) is 10.6. The summed E-state index contributed by atoms with van der Waals surface area (Å²) in [5.74, 6) is 0.863. The second kappa shape index (κ2) is 3.70. The molecule has 0 unspecified atom stereocenters. The molecule has 0 fully saturated rings. The zero-order valence-corrected chi connectivity index (χ0v) is 6.79. The van der Waals surface area contributed by atoms with Crippen LogP contribution in [0.25, 0.3) is 0 Å². The molecule has 0 aromatic heterocycles. The van der Waals surface area contributed by atoms with Gasteiger partial charge in [0.25, 0.3) is 0 Å². The first-order valence-electron chi connectivity index (χ1n) is 2.70. The molecule has 52 valence electrons. The van der Waals surface area contributed by atoms with Gasteiger partial charge in [-0.25, -0.2) is 4.79 Å². The first-order chi connectivity index (χ1) is 4.12. The Morgan fingerprint density at radius 2 is 2.22 bits per heavy atom. The van der Waals surface area contributed by atoms with Gasteiger partial charge < -0.3 is 0 Å². The third kappa shape index (κ3) is 4.25. The molecule has 0 N–H and O–H groups in total. The Hall–Kier alpha value is -0.270. The van der Waals surface area contributed by atoms with E-state index in [1.807, 2.05) is 20.1 Å². The number of hydrogen-bond acceptors (Lipinski definition) is 3. The maximum Gasteiger partial charge on any atom is 0.235 e. The van der Waals surface area contributed by atoms with E-state index in [2.05, 4.69) is 4.99 Å². The van der Waals surface area contributed by atoms with Crippen molar-refractivity contribution >= 4 is 17.8 Å². The summed E-state index contributed by atoms with van der Waals surface area (Å²) in [6.07, 6.45) is 3.54. The SMILES string of the molecule is CSCC(C)(C)N=C=O. The fourth-order valence-electron chi connectivity index (χ4n) is 0.509. The molecule has 0 amide bonds. The minimum Gasteiger partial charge on any atom is -0.211 e. The predicted molar refractivity (Wildman–Crippen MR) is 40.6 cm³/mol. The van der Waals surface area contributed by atoms with Crippen LogP contribution < -0.4 is 0 Å². The van der Waals surface area contributed by atoms with E-state index in [0.29, 0.717) is 0 Å². The number of nitrogens with zero attached hydrogens (tertiary/aromatic N) is 1. The van der Waals surface area contributed by atoms with E-state index < -0.39 is 0 Å². The summed E-state index contributed by atoms with van der Waals surface area (Å²) in [6, 6.07) is 0. The molecule has 0 aliphatic carbocycles. The van der Waals surface area contributed by atoms with Gasteiger partial charge in [-0.05, 0) is 20.1 Å². The molecule has 0 atom stereocenters. The summed E-state index contributed by atoms with van der Waals surface area (Å²) in [5.41, 5.74) is -0.235. The topological polar surface area (TPSA) is 29.4 Å². The van der Waals surface area contributed by atoms with E-state index in [0.717, 1.165) is 5.75 Å². The smallest absolute Gasteiger partial charge is 0.211 e. The van der Waals surface area contributed by atoms with Crippen LogP contribution in [0, 0.1) is 0 Å². The highest BCUT2D eigenvalue weighted by Crippen LogP contribution is 2.13. The summed E-state index contributed by atoms with van der Waals surface area (Å²) in [7, 11) is 0. The predicted octanol–water partition coefficient (Wildman–Crippen LogP) is 1.46. The maximum absolute atomic E-state index is 9.79. The minimum atomic E-state index is -0.235. The number of carbonyl (C=O) groups excluding carboxylic acids is 1. The molecule has 0 heterocycles. The monoisotopic (exact) mass is 145 g/mol. The van der Waals surface area contributed by atoms with Gasteiger partial charge >= 0.3 is 0 Å². The van der Waals surface area contributed by atoms with Gasteiger partial charge in [0.2, 0.25) is 6.08 Å². The van der Waals surface area contributed by atoms with Crippen LogP contribution in [0.3, 0.4) is 0 Å². The quantitative estimate of drug-likeness (QED) is 0.444. The lowest BCUT2D eigenvalue weighted by Crippen LogP contribution is -2.19. The maximum atomic E-state index is 9.79. The van der Waals surface area contributed by atoms with E-state index in [1.165, 1.54) is 0 Å². The lowest BCUT2D eigenvalue weighted by atomic mass is 10.1. The highest BCUT2D eigenvalue weighted by Gasteiger charge is 2.13. The summed E-state index contributed by atoms with van der Waals surface area (Å²) in [4.78, 5) is 13.4. The Labute approximate surface area is 59.7 Å². The molecule has 0 radical (unpaired) electrons. The number of hydrogen-bond donors (Lipinski definition) is 0. The average Bonchev–Trinajstić information content (AvgIpc) is 1.64. The van der Waals surface area contributed by atoms with Crippen LogP contribution in [0.2, 0.25) is 0 Å². The number of rotatable bonds is 3. The molecule has 0 aliphatic heterocycles. The zero-order chi connectivity index (χ0) is 7.33. The third-order valence-corrected chi connectivity index (χ3v) is 1.84. The Balaban J connectivity index is 3.85. The molecule has 0 bridgehead atoms. The van der Waals surface area contributed by atoms with Gasteiger partial charge in [-0.2, -0.15) is 16.8 Å². The first-order valence-corrected chi connectivity index (χ1v) is 4.10. The molecule has 0 rings (SSSR count). The molecule has 2 nitrogen and oxygen atoms in total. The Bertz CT molecular complexity index is 127. The highest BCUT2D eigenvalue weighted by molar-refractivity contribution is 7.98. The van der Waals surface area contributed by atoms with E-state index in [-0.39, 0.29) is 5.54 Å². The van der Waals surface area contributed by atoms with Gasteiger partial charge in [-0.15, -0.1) is 0 Å². The largest absolute Gasteiger partial charge is 0.235 e. The Morgan fingerprint density at radius 3 is 2.56 bits per heavy atom. The van der Waals surface area contributed by atoms with E-state index >= 15 is 0 Å². The van der Waals surface area contributed by atoms with Gasteiger partial charge in [0, 0.05) is 5.75 Å². The molecule has 0 spiro atoms. The molecule has 0 saturated heterocycles. The molecule has 3 heteroatoms. The van der Waals surface area contributed by atoms with Crippen LogP contribution in [0.15, 0.2) is 4.99 Å². The van der Waals surface area contributed by atoms with Crippen molar-refractivity contribution in [2.45, 2.75) is 19.4 Å². The molecular weight excluding hydrogens is 134 g/mol. The van der Waals surface area contributed by atoms with Gasteiger partial charge in [-0.1, -0.05) is 0 Å². The van der Waals surface area contributed by atoms with Crippen molar-refractivity contribution in [2.24, 2.45) is 4.99 Å². The summed E-state index contributed by atoms with van der Waals surface area (Å²) < 4.78 is 0. The van der Waals surface area contributed by atoms with Crippen LogP contribution in [0.5, 0.6) is 0 Å². The van der Waals surface area contributed by atoms with Crippen LogP contribution in [0.4, 0.5) is 0 Å². The molecule has 0 aliphatic rings. The molecule has 0 aromatic rings. The fraction of sp³-hybridized carbons (Fsp3) is 0.833. The second-order valence-corrected chi connectivity index (χ2v) is 3.31. The van der Waals surface area contributed by atoms with Crippen LogP contribution >= 0.6 is 11.8 Å². The molecule has 0 saturated carbocycles. The van der Waals surface area contributed by atoms with Gasteiger partial charge in [0.1, 0.15) is 0 Å². The van der Waals surface area contributed by atoms with Crippen molar-refractivity contribution in [1.29, 1.82) is 0 Å². The van der Waals surface area contributed by atoms with Crippen LogP contribution in [-0.4, -0.2) is 23.6 Å². The fourth-order valence-corrected chi connectivity index (χ4v) is 1.28. The van der Waals surface area contributed by atoms with Crippen molar-refractivity contribution in [3.05, 3.63) is 0 Å². The van der Waals surface area contributed by atoms with Crippen molar-refractivity contribution in [3.8, 4) is 0 Å². The number of thioether (sulfide) groups is 1. The summed E-state index contributed by atoms with van der Waals surface area (Å²) >= 11 is 1.68. The van der Waals surface area contributed by atoms with Crippen LogP contribution in [-0.2, 0) is 4.79 Å². The van der Waals surface area contributed by atoms with Crippen LogP contribution in [0.1, 0.15) is 13.8 Å². The first kappa shape index (κ1) is 8.73. The van der Waals surface area contributed by atoms with Gasteiger partial charge in [0.15, 0.2) is 0 Å². The van der Waals surface area contributed by atoms with E-state index in [1.54, 1.807) is 17.8 Å². The van der Waals surface area contributed by atoms with Gasteiger partial charge in [0.05, 0.1) is 5.54 Å². The summed E-state index contributed by atoms with van der Waals surface area (Å²) in [6.45, 7) is 3.82. The van der Waals surface area contributed by atoms with Crippen molar-refractivity contribution in [1.82, 2.24) is 0 Å². The van der Waals surface area contributed by atoms with Gasteiger partial charge in [-0.3, -0.25) is 0 Å². The van der Waals surface area contributed by atoms with E-state index in [4.69, 9.17) is 0 Å². The minimum absolute atomic E-state index is 0.235. The standard InChI is InChI=1S/C6H11NOS/c1-6(2,4-9-3)7-5-8/h4H2,1-3H3. The lowest BCUT2D eigenvalue weighted by Gasteiger charge is -2.13. The lowest BCUT2D eigenvalue weighted by molar-refractivity contribution is 0.538. The second-order valence-electron chi connectivity index (χ2n) is 2.45. The molecule has 0 aromatic carbocycles. The van der Waals surface area contributed by atoms with Crippen molar-refractivity contribution in [2.75, 3.05) is 12.0 Å². The van der Waals surface area contributed by atoms with Crippen molar-refractivity contribution in [3.63, 3.8) is 0 Å². The number of isocyanates is 1. The molecule has 9 heavy (non-hydrogen) atoms. The highest BCUT2D eigenvalue weighted by atomic mass is 32.2. The number of aliphatic imine (C=N–C) groups is 1. The third-order valence-electron chi connectivity index (χ3n) is 0.846. The summed E-state index contributed by atoms with van der Waals surface area (Å²) in [5, 5.41) is 0. The molecular formula is C6H11NOS.